The van der Waals surface area contributed by atoms with Crippen molar-refractivity contribution in [3.63, 3.8) is 0 Å². The van der Waals surface area contributed by atoms with Crippen molar-refractivity contribution in [3.8, 4) is 0 Å². The van der Waals surface area contributed by atoms with Crippen LogP contribution in [0.25, 0.3) is 0 Å². The highest BCUT2D eigenvalue weighted by atomic mass is 35.5. The Labute approximate surface area is 190 Å². The zero-order valence-corrected chi connectivity index (χ0v) is 18.9. The van der Waals surface area contributed by atoms with E-state index in [1.807, 2.05) is 6.92 Å². The lowest BCUT2D eigenvalue weighted by atomic mass is 10.2. The number of nitrogens with zero attached hydrogens (tertiary/aromatic N) is 2. The number of amides is 2. The molecule has 0 saturated carbocycles. The summed E-state index contributed by atoms with van der Waals surface area (Å²) in [6.45, 7) is 2.47. The largest absolute Gasteiger partial charge is 0.383 e. The van der Waals surface area contributed by atoms with E-state index < -0.39 is 23.1 Å². The Hall–Kier alpha value is -3.11. The van der Waals surface area contributed by atoms with E-state index in [2.05, 4.69) is 10.3 Å². The number of unbranched alkanes of at least 4 members (excludes halogenated alkanes) is 1. The SMILES string of the molecule is CCCCn1c(N)c(N(CCOC)C(=O)CCNC(=O)c2ccccc2Cl)c(=O)[nH]c1=O. The molecule has 32 heavy (non-hydrogen) atoms. The number of carbonyl (C=O) groups excluding carboxylic acids is 2. The Balaban J connectivity index is 2.21. The lowest BCUT2D eigenvalue weighted by molar-refractivity contribution is -0.118. The molecular weight excluding hydrogens is 438 g/mol. The second-order valence-electron chi connectivity index (χ2n) is 7.02. The lowest BCUT2D eigenvalue weighted by Gasteiger charge is -2.24. The second kappa shape index (κ2) is 12.1. The number of ether oxygens (including phenoxy) is 1. The van der Waals surface area contributed by atoms with Gasteiger partial charge in [-0.05, 0) is 18.6 Å². The molecule has 2 rings (SSSR count). The van der Waals surface area contributed by atoms with Crippen LogP contribution in [-0.2, 0) is 16.1 Å². The van der Waals surface area contributed by atoms with Crippen LogP contribution in [0, 0.1) is 0 Å². The van der Waals surface area contributed by atoms with Crippen LogP contribution in [0.1, 0.15) is 36.5 Å². The molecule has 0 aliphatic carbocycles. The van der Waals surface area contributed by atoms with Crippen LogP contribution >= 0.6 is 11.6 Å². The number of hydrogen-bond acceptors (Lipinski definition) is 6. The quantitative estimate of drug-likeness (QED) is 0.458. The Morgan fingerprint density at radius 1 is 1.28 bits per heavy atom. The summed E-state index contributed by atoms with van der Waals surface area (Å²) in [5.74, 6) is -0.964. The Morgan fingerprint density at radius 2 is 2.00 bits per heavy atom. The molecule has 1 heterocycles. The van der Waals surface area contributed by atoms with Crippen LogP contribution in [0.2, 0.25) is 5.02 Å². The maximum absolute atomic E-state index is 12.9. The minimum Gasteiger partial charge on any atom is -0.383 e. The molecule has 0 radical (unpaired) electrons. The fraction of sp³-hybridized carbons (Fsp3) is 0.429. The summed E-state index contributed by atoms with van der Waals surface area (Å²) < 4.78 is 6.30. The molecule has 1 aromatic heterocycles. The molecule has 0 aliphatic rings. The maximum atomic E-state index is 12.9. The number of methoxy groups -OCH3 is 1. The minimum atomic E-state index is -0.759. The van der Waals surface area contributed by atoms with Gasteiger partial charge in [0.1, 0.15) is 5.82 Å². The van der Waals surface area contributed by atoms with E-state index in [9.17, 15) is 19.2 Å². The van der Waals surface area contributed by atoms with E-state index in [0.717, 1.165) is 6.42 Å². The van der Waals surface area contributed by atoms with Gasteiger partial charge in [-0.2, -0.15) is 0 Å². The number of aromatic nitrogens is 2. The van der Waals surface area contributed by atoms with Gasteiger partial charge in [0.15, 0.2) is 5.69 Å². The number of rotatable bonds is 11. The van der Waals surface area contributed by atoms with Crippen LogP contribution < -0.4 is 27.2 Å². The van der Waals surface area contributed by atoms with E-state index in [1.54, 1.807) is 24.3 Å². The zero-order valence-electron chi connectivity index (χ0n) is 18.2. The molecule has 0 spiro atoms. The molecule has 0 saturated heterocycles. The molecule has 2 amide bonds. The van der Waals surface area contributed by atoms with Gasteiger partial charge in [0.2, 0.25) is 5.91 Å². The summed E-state index contributed by atoms with van der Waals surface area (Å²) in [5.41, 5.74) is 4.92. The second-order valence-corrected chi connectivity index (χ2v) is 7.43. The molecule has 11 heteroatoms. The van der Waals surface area contributed by atoms with Crippen LogP contribution in [0.15, 0.2) is 33.9 Å². The van der Waals surface area contributed by atoms with Crippen molar-refractivity contribution in [1.82, 2.24) is 14.9 Å². The highest BCUT2D eigenvalue weighted by Gasteiger charge is 2.24. The first-order valence-electron chi connectivity index (χ1n) is 10.3. The third-order valence-corrected chi connectivity index (χ3v) is 5.11. The van der Waals surface area contributed by atoms with Crippen molar-refractivity contribution < 1.29 is 14.3 Å². The highest BCUT2D eigenvalue weighted by molar-refractivity contribution is 6.33. The van der Waals surface area contributed by atoms with Crippen molar-refractivity contribution >= 4 is 34.9 Å². The van der Waals surface area contributed by atoms with Crippen molar-refractivity contribution in [2.24, 2.45) is 0 Å². The lowest BCUT2D eigenvalue weighted by Crippen LogP contribution is -2.43. The van der Waals surface area contributed by atoms with E-state index in [0.29, 0.717) is 23.6 Å². The summed E-state index contributed by atoms with van der Waals surface area (Å²) in [5, 5.41) is 2.93. The molecule has 174 valence electrons. The summed E-state index contributed by atoms with van der Waals surface area (Å²) in [7, 11) is 1.46. The molecular formula is C21H28ClN5O5. The van der Waals surface area contributed by atoms with E-state index >= 15 is 0 Å². The fourth-order valence-electron chi connectivity index (χ4n) is 3.08. The van der Waals surface area contributed by atoms with Gasteiger partial charge in [-0.15, -0.1) is 0 Å². The number of hydrogen-bond donors (Lipinski definition) is 3. The van der Waals surface area contributed by atoms with Gasteiger partial charge in [-0.3, -0.25) is 23.9 Å². The number of halogens is 1. The third-order valence-electron chi connectivity index (χ3n) is 4.78. The van der Waals surface area contributed by atoms with Crippen LogP contribution in [-0.4, -0.2) is 48.2 Å². The molecule has 0 aliphatic heterocycles. The number of anilines is 2. The van der Waals surface area contributed by atoms with Crippen LogP contribution in [0.3, 0.4) is 0 Å². The summed E-state index contributed by atoms with van der Waals surface area (Å²) in [6, 6.07) is 6.56. The minimum absolute atomic E-state index is 0.0135. The molecule has 2 aromatic rings. The van der Waals surface area contributed by atoms with Gasteiger partial charge < -0.3 is 20.7 Å². The number of benzene rings is 1. The number of nitrogens with one attached hydrogen (secondary N) is 2. The van der Waals surface area contributed by atoms with Gasteiger partial charge in [-0.25, -0.2) is 4.79 Å². The zero-order chi connectivity index (χ0) is 23.7. The fourth-order valence-corrected chi connectivity index (χ4v) is 3.30. The first-order valence-corrected chi connectivity index (χ1v) is 10.6. The van der Waals surface area contributed by atoms with E-state index in [4.69, 9.17) is 22.1 Å². The van der Waals surface area contributed by atoms with Gasteiger partial charge in [0, 0.05) is 33.2 Å². The maximum Gasteiger partial charge on any atom is 0.330 e. The van der Waals surface area contributed by atoms with Crippen LogP contribution in [0.4, 0.5) is 11.5 Å². The van der Waals surface area contributed by atoms with Gasteiger partial charge in [0.05, 0.1) is 17.2 Å². The Morgan fingerprint density at radius 3 is 2.66 bits per heavy atom. The van der Waals surface area contributed by atoms with Crippen molar-refractivity contribution in [3.05, 3.63) is 55.7 Å². The van der Waals surface area contributed by atoms with Crippen molar-refractivity contribution in [2.75, 3.05) is 37.4 Å². The van der Waals surface area contributed by atoms with Crippen LogP contribution in [0.5, 0.6) is 0 Å². The van der Waals surface area contributed by atoms with Crippen molar-refractivity contribution in [1.29, 1.82) is 0 Å². The van der Waals surface area contributed by atoms with Gasteiger partial charge >= 0.3 is 5.69 Å². The standard InChI is InChI=1S/C21H28ClN5O5/c1-3-4-11-27-18(23)17(20(30)25-21(27)31)26(12-13-32-2)16(28)9-10-24-19(29)14-7-5-6-8-15(14)22/h5-8H,3-4,9-13,23H2,1-2H3,(H,24,29)(H,25,30,31). The Bertz CT molecular complexity index is 1070. The number of nitrogen functional groups attached to an aromatic ring is 1. The van der Waals surface area contributed by atoms with Gasteiger partial charge in [-0.1, -0.05) is 37.1 Å². The first-order chi connectivity index (χ1) is 15.3. The molecule has 4 N–H and O–H groups in total. The summed E-state index contributed by atoms with van der Waals surface area (Å²) in [4.78, 5) is 53.4. The van der Waals surface area contributed by atoms with E-state index in [-0.39, 0.29) is 37.6 Å². The Kier molecular flexibility index (Phi) is 9.48. The smallest absolute Gasteiger partial charge is 0.330 e. The molecule has 0 atom stereocenters. The molecule has 10 nitrogen and oxygen atoms in total. The molecule has 1 aromatic carbocycles. The summed E-state index contributed by atoms with van der Waals surface area (Å²) in [6.07, 6.45) is 1.39. The average molecular weight is 466 g/mol. The average Bonchev–Trinajstić information content (AvgIpc) is 2.75. The molecule has 0 fully saturated rings. The molecule has 0 bridgehead atoms. The normalized spacial score (nSPS) is 10.7. The number of nitrogens with two attached hydrogens (primary N) is 1. The summed E-state index contributed by atoms with van der Waals surface area (Å²) >= 11 is 6.02. The number of H-pyrrole nitrogens is 1. The van der Waals surface area contributed by atoms with Gasteiger partial charge in [0.25, 0.3) is 11.5 Å². The van der Waals surface area contributed by atoms with E-state index in [1.165, 1.54) is 16.6 Å². The predicted molar refractivity (Wildman–Crippen MR) is 123 cm³/mol. The predicted octanol–water partition coefficient (Wildman–Crippen LogP) is 1.37. The first kappa shape index (κ1) is 25.2. The third kappa shape index (κ3) is 6.21. The number of aromatic amines is 1. The monoisotopic (exact) mass is 465 g/mol. The number of carbonyl (C=O) groups is 2. The molecule has 0 unspecified atom stereocenters. The topological polar surface area (TPSA) is 140 Å². The van der Waals surface area contributed by atoms with Crippen molar-refractivity contribution in [2.45, 2.75) is 32.7 Å². The highest BCUT2D eigenvalue weighted by Crippen LogP contribution is 2.18.